The van der Waals surface area contributed by atoms with Crippen LogP contribution in [-0.2, 0) is 30.0 Å². The van der Waals surface area contributed by atoms with Crippen molar-refractivity contribution in [1.82, 2.24) is 10.4 Å². The summed E-state index contributed by atoms with van der Waals surface area (Å²) < 4.78 is 16.9. The van der Waals surface area contributed by atoms with E-state index in [-0.39, 0.29) is 16.7 Å². The molecule has 4 amide bonds. The van der Waals surface area contributed by atoms with Crippen LogP contribution in [0.25, 0.3) is 0 Å². The molecule has 2 aromatic carbocycles. The second-order valence-corrected chi connectivity index (χ2v) is 14.6. The van der Waals surface area contributed by atoms with E-state index in [0.29, 0.717) is 5.56 Å². The van der Waals surface area contributed by atoms with Gasteiger partial charge in [-0.05, 0) is 84.9 Å². The zero-order valence-corrected chi connectivity index (χ0v) is 27.4. The number of imide groups is 1. The van der Waals surface area contributed by atoms with Crippen molar-refractivity contribution in [3.63, 3.8) is 0 Å². The minimum atomic E-state index is -2.08. The number of carbonyl (C=O) groups excluding carboxylic acids is 4. The number of rotatable bonds is 2. The lowest BCUT2D eigenvalue weighted by Crippen LogP contribution is -2.64. The van der Waals surface area contributed by atoms with Crippen LogP contribution >= 0.6 is 0 Å². The number of carbonyl (C=O) groups is 4. The summed E-state index contributed by atoms with van der Waals surface area (Å²) in [4.78, 5) is 56.7. The molecule has 1 aliphatic heterocycles. The number of hydrogen-bond donors (Lipinski definition) is 1. The number of hydrazine groups is 1. The minimum Gasteiger partial charge on any atom is -0.443 e. The van der Waals surface area contributed by atoms with Crippen LogP contribution in [0.15, 0.2) is 48.5 Å². The van der Waals surface area contributed by atoms with E-state index >= 15 is 0 Å². The average molecular weight is 596 g/mol. The zero-order chi connectivity index (χ0) is 32.8. The molecule has 0 saturated carbocycles. The molecule has 10 heteroatoms. The Labute approximate surface area is 254 Å². The first-order chi connectivity index (χ1) is 19.5. The number of ether oxygens (including phenoxy) is 3. The van der Waals surface area contributed by atoms with E-state index in [4.69, 9.17) is 14.2 Å². The number of anilines is 1. The number of amides is 4. The lowest BCUT2D eigenvalue weighted by atomic mass is 9.80. The molecule has 2 aromatic rings. The second kappa shape index (κ2) is 11.2. The zero-order valence-electron chi connectivity index (χ0n) is 27.4. The first-order valence-corrected chi connectivity index (χ1v) is 14.3. The van der Waals surface area contributed by atoms with Crippen LogP contribution in [0.5, 0.6) is 0 Å². The van der Waals surface area contributed by atoms with Gasteiger partial charge in [0.2, 0.25) is 0 Å². The number of fused-ring (bicyclic) bond motifs is 1. The van der Waals surface area contributed by atoms with E-state index in [9.17, 15) is 19.2 Å². The molecule has 43 heavy (non-hydrogen) atoms. The maximum absolute atomic E-state index is 14.9. The van der Waals surface area contributed by atoms with Gasteiger partial charge >= 0.3 is 18.3 Å². The highest BCUT2D eigenvalue weighted by molar-refractivity contribution is 6.23. The number of hydrogen-bond acceptors (Lipinski definition) is 7. The largest absolute Gasteiger partial charge is 0.443 e. The first-order valence-electron chi connectivity index (χ1n) is 14.3. The summed E-state index contributed by atoms with van der Waals surface area (Å²) in [5.74, 6) is -0.839. The maximum Gasteiger partial charge on any atom is 0.431 e. The van der Waals surface area contributed by atoms with E-state index in [1.165, 1.54) is 0 Å². The van der Waals surface area contributed by atoms with E-state index in [1.54, 1.807) is 98.7 Å². The van der Waals surface area contributed by atoms with Gasteiger partial charge in [0.15, 0.2) is 5.54 Å². The lowest BCUT2D eigenvalue weighted by molar-refractivity contribution is -0.129. The van der Waals surface area contributed by atoms with E-state index in [0.717, 1.165) is 15.5 Å². The number of para-hydroxylation sites is 1. The van der Waals surface area contributed by atoms with Gasteiger partial charge < -0.3 is 14.2 Å². The monoisotopic (exact) mass is 595 g/mol. The normalized spacial score (nSPS) is 17.2. The Hall–Kier alpha value is -4.08. The smallest absolute Gasteiger partial charge is 0.431 e. The van der Waals surface area contributed by atoms with E-state index in [1.807, 2.05) is 12.1 Å². The summed E-state index contributed by atoms with van der Waals surface area (Å²) in [5.41, 5.74) is -0.916. The van der Waals surface area contributed by atoms with Gasteiger partial charge in [-0.1, -0.05) is 63.2 Å². The number of nitrogens with one attached hydrogen (secondary N) is 1. The predicted octanol–water partition coefficient (Wildman–Crippen LogP) is 7.19. The van der Waals surface area contributed by atoms with Crippen LogP contribution in [0.3, 0.4) is 0 Å². The molecule has 0 spiro atoms. The lowest BCUT2D eigenvalue weighted by Gasteiger charge is -2.40. The van der Waals surface area contributed by atoms with Crippen molar-refractivity contribution >= 4 is 29.9 Å². The van der Waals surface area contributed by atoms with Crippen LogP contribution in [0.2, 0.25) is 0 Å². The van der Waals surface area contributed by atoms with Crippen molar-refractivity contribution in [2.75, 3.05) is 4.90 Å². The molecule has 1 aliphatic rings. The average Bonchev–Trinajstić information content (AvgIpc) is 3.07. The third-order valence-electron chi connectivity index (χ3n) is 6.31. The SMILES string of the molecule is CC(C)(C)OC(=O)NN(C(=O)OC(C)(C)C)[C@@]1(c2ccc(C(C)(C)C)cc2)C(=O)N(C(=O)OC(C)(C)C)c2ccccc21. The third-order valence-corrected chi connectivity index (χ3v) is 6.31. The standard InChI is InChI=1S/C33H45N3O7/c1-29(2,3)21-17-19-22(20-18-21)33(36(28(40)43-32(10,11)12)34-26(38)41-30(4,5)6)23-15-13-14-16-24(23)35(25(33)37)27(39)42-31(7,8)9/h13-20H,1-12H3,(H,34,38)/t33-/m1/s1. The van der Waals surface area contributed by atoms with Crippen molar-refractivity contribution in [3.8, 4) is 0 Å². The number of nitrogens with zero attached hydrogens (tertiary/aromatic N) is 2. The van der Waals surface area contributed by atoms with Crippen LogP contribution in [0, 0.1) is 0 Å². The summed E-state index contributed by atoms with van der Waals surface area (Å²) in [5, 5.41) is 0.823. The Morgan fingerprint density at radius 2 is 1.23 bits per heavy atom. The molecule has 0 fully saturated rings. The third kappa shape index (κ3) is 7.29. The van der Waals surface area contributed by atoms with Crippen LogP contribution < -0.4 is 10.3 Å². The minimum absolute atomic E-state index is 0.196. The molecule has 0 saturated heterocycles. The molecule has 1 atom stereocenters. The highest BCUT2D eigenvalue weighted by atomic mass is 16.6. The van der Waals surface area contributed by atoms with Crippen LogP contribution in [0.4, 0.5) is 20.1 Å². The molecule has 10 nitrogen and oxygen atoms in total. The van der Waals surface area contributed by atoms with Gasteiger partial charge in [0, 0.05) is 5.56 Å². The number of benzene rings is 2. The van der Waals surface area contributed by atoms with Crippen LogP contribution in [-0.4, -0.2) is 46.0 Å². The topological polar surface area (TPSA) is 114 Å². The molecule has 3 rings (SSSR count). The Morgan fingerprint density at radius 3 is 1.72 bits per heavy atom. The van der Waals surface area contributed by atoms with Gasteiger partial charge in [-0.25, -0.2) is 24.7 Å². The van der Waals surface area contributed by atoms with Gasteiger partial charge in [0.05, 0.1) is 5.69 Å². The van der Waals surface area contributed by atoms with Crippen molar-refractivity contribution in [3.05, 3.63) is 65.2 Å². The molecule has 0 radical (unpaired) electrons. The highest BCUT2D eigenvalue weighted by Crippen LogP contribution is 2.49. The predicted molar refractivity (Wildman–Crippen MR) is 164 cm³/mol. The van der Waals surface area contributed by atoms with Gasteiger partial charge in [0.1, 0.15) is 16.8 Å². The molecular formula is C33H45N3O7. The highest BCUT2D eigenvalue weighted by Gasteiger charge is 2.61. The molecular weight excluding hydrogens is 550 g/mol. The van der Waals surface area contributed by atoms with Crippen LogP contribution in [0.1, 0.15) is 99.8 Å². The van der Waals surface area contributed by atoms with Crippen molar-refractivity contribution < 1.29 is 33.4 Å². The molecule has 0 aromatic heterocycles. The molecule has 1 heterocycles. The second-order valence-electron chi connectivity index (χ2n) is 14.6. The first kappa shape index (κ1) is 33.4. The summed E-state index contributed by atoms with van der Waals surface area (Å²) in [7, 11) is 0. The quantitative estimate of drug-likeness (QED) is 0.289. The summed E-state index contributed by atoms with van der Waals surface area (Å²) in [6, 6.07) is 13.7. The Morgan fingerprint density at radius 1 is 0.721 bits per heavy atom. The molecule has 0 bridgehead atoms. The fourth-order valence-electron chi connectivity index (χ4n) is 4.65. The summed E-state index contributed by atoms with van der Waals surface area (Å²) in [6.45, 7) is 21.2. The van der Waals surface area contributed by atoms with Crippen molar-refractivity contribution in [1.29, 1.82) is 0 Å². The maximum atomic E-state index is 14.9. The van der Waals surface area contributed by atoms with Gasteiger partial charge in [-0.3, -0.25) is 4.79 Å². The van der Waals surface area contributed by atoms with Gasteiger partial charge in [0.25, 0.3) is 5.91 Å². The molecule has 0 unspecified atom stereocenters. The molecule has 0 aliphatic carbocycles. The Kier molecular flexibility index (Phi) is 8.71. The summed E-state index contributed by atoms with van der Waals surface area (Å²) >= 11 is 0. The van der Waals surface area contributed by atoms with Gasteiger partial charge in [-0.15, -0.1) is 0 Å². The van der Waals surface area contributed by atoms with Crippen molar-refractivity contribution in [2.45, 2.75) is 111 Å². The van der Waals surface area contributed by atoms with Gasteiger partial charge in [-0.2, -0.15) is 5.01 Å². The van der Waals surface area contributed by atoms with E-state index < -0.39 is 46.5 Å². The fourth-order valence-corrected chi connectivity index (χ4v) is 4.65. The fraction of sp³-hybridized carbons (Fsp3) is 0.515. The Balaban J connectivity index is 2.40. The van der Waals surface area contributed by atoms with Crippen molar-refractivity contribution in [2.24, 2.45) is 0 Å². The summed E-state index contributed by atoms with van der Waals surface area (Å²) in [6.07, 6.45) is -2.96. The van der Waals surface area contributed by atoms with E-state index in [2.05, 4.69) is 26.2 Å². The Bertz CT molecular complexity index is 1390. The molecule has 234 valence electrons. The molecule has 1 N–H and O–H groups in total.